The molecule has 0 atom stereocenters. The second-order valence-corrected chi connectivity index (χ2v) is 4.84. The molecule has 16 heavy (non-hydrogen) atoms. The van der Waals surface area contributed by atoms with Gasteiger partial charge in [0.05, 0.1) is 0 Å². The highest BCUT2D eigenvalue weighted by atomic mass is 15.3. The first-order valence-electron chi connectivity index (χ1n) is 6.18. The van der Waals surface area contributed by atoms with E-state index in [9.17, 15) is 0 Å². The molecule has 1 fully saturated rings. The van der Waals surface area contributed by atoms with Gasteiger partial charge in [0.15, 0.2) is 0 Å². The van der Waals surface area contributed by atoms with E-state index in [4.69, 9.17) is 5.53 Å². The van der Waals surface area contributed by atoms with E-state index in [1.165, 1.54) is 19.6 Å². The molecule has 92 valence electrons. The summed E-state index contributed by atoms with van der Waals surface area (Å²) in [7, 11) is 0. The van der Waals surface area contributed by atoms with E-state index in [2.05, 4.69) is 33.7 Å². The van der Waals surface area contributed by atoms with Gasteiger partial charge in [-0.05, 0) is 24.4 Å². The Balaban J connectivity index is 2.09. The molecule has 1 heterocycles. The van der Waals surface area contributed by atoms with Gasteiger partial charge in [-0.2, -0.15) is 0 Å². The molecule has 1 aliphatic heterocycles. The van der Waals surface area contributed by atoms with E-state index in [-0.39, 0.29) is 0 Å². The molecule has 0 radical (unpaired) electrons. The summed E-state index contributed by atoms with van der Waals surface area (Å²) in [4.78, 5) is 7.76. The van der Waals surface area contributed by atoms with Gasteiger partial charge in [-0.15, -0.1) is 0 Å². The molecule has 0 aromatic carbocycles. The van der Waals surface area contributed by atoms with Crippen LogP contribution in [0.3, 0.4) is 0 Å². The molecule has 0 amide bonds. The average Bonchev–Trinajstić information content (AvgIpc) is 2.26. The largest absolute Gasteiger partial charge is 0.301 e. The van der Waals surface area contributed by atoms with Crippen molar-refractivity contribution in [3.63, 3.8) is 0 Å². The lowest BCUT2D eigenvalue weighted by Gasteiger charge is -2.35. The summed E-state index contributed by atoms with van der Waals surface area (Å²) >= 11 is 0. The molecule has 0 aromatic heterocycles. The fourth-order valence-electron chi connectivity index (χ4n) is 2.12. The van der Waals surface area contributed by atoms with Crippen LogP contribution < -0.4 is 0 Å². The van der Waals surface area contributed by atoms with Crippen molar-refractivity contribution in [3.8, 4) is 0 Å². The number of nitrogens with zero attached hydrogens (tertiary/aromatic N) is 5. The molecule has 1 aliphatic rings. The monoisotopic (exact) mass is 225 g/mol. The van der Waals surface area contributed by atoms with Crippen molar-refractivity contribution in [2.45, 2.75) is 20.3 Å². The van der Waals surface area contributed by atoms with Gasteiger partial charge in [-0.25, -0.2) is 0 Å². The highest BCUT2D eigenvalue weighted by Crippen LogP contribution is 2.05. The number of azide groups is 1. The van der Waals surface area contributed by atoms with Crippen LogP contribution in [0.15, 0.2) is 5.11 Å². The van der Waals surface area contributed by atoms with Crippen molar-refractivity contribution in [1.82, 2.24) is 9.80 Å². The summed E-state index contributed by atoms with van der Waals surface area (Å²) in [5.74, 6) is 0.761. The third-order valence-electron chi connectivity index (χ3n) is 2.88. The zero-order chi connectivity index (χ0) is 11.8. The molecule has 0 aliphatic carbocycles. The van der Waals surface area contributed by atoms with Gasteiger partial charge < -0.3 is 9.80 Å². The van der Waals surface area contributed by atoms with Crippen LogP contribution in [0.1, 0.15) is 20.3 Å². The quantitative estimate of drug-likeness (QED) is 0.300. The highest BCUT2D eigenvalue weighted by molar-refractivity contribution is 4.72. The molecular weight excluding hydrogens is 202 g/mol. The predicted octanol–water partition coefficient (Wildman–Crippen LogP) is 1.96. The second kappa shape index (κ2) is 7.49. The molecule has 0 bridgehead atoms. The first kappa shape index (κ1) is 13.3. The Labute approximate surface area is 98.0 Å². The molecular formula is C11H23N5. The van der Waals surface area contributed by atoms with Crippen LogP contribution in [-0.4, -0.2) is 55.6 Å². The van der Waals surface area contributed by atoms with Crippen LogP contribution in [-0.2, 0) is 0 Å². The van der Waals surface area contributed by atoms with Crippen LogP contribution in [0.25, 0.3) is 10.4 Å². The van der Waals surface area contributed by atoms with Crippen LogP contribution in [0.5, 0.6) is 0 Å². The normalized spacial score (nSPS) is 18.7. The molecule has 0 N–H and O–H groups in total. The molecule has 5 heteroatoms. The average molecular weight is 225 g/mol. The van der Waals surface area contributed by atoms with Gasteiger partial charge in [0.1, 0.15) is 0 Å². The van der Waals surface area contributed by atoms with Crippen molar-refractivity contribution in [3.05, 3.63) is 10.4 Å². The number of hydrogen-bond donors (Lipinski definition) is 0. The summed E-state index contributed by atoms with van der Waals surface area (Å²) in [5.41, 5.74) is 8.16. The summed E-state index contributed by atoms with van der Waals surface area (Å²) < 4.78 is 0. The zero-order valence-corrected chi connectivity index (χ0v) is 10.5. The van der Waals surface area contributed by atoms with Crippen molar-refractivity contribution in [2.75, 3.05) is 45.8 Å². The van der Waals surface area contributed by atoms with Crippen molar-refractivity contribution < 1.29 is 0 Å². The maximum atomic E-state index is 8.16. The lowest BCUT2D eigenvalue weighted by molar-refractivity contribution is 0.122. The van der Waals surface area contributed by atoms with E-state index < -0.39 is 0 Å². The van der Waals surface area contributed by atoms with E-state index >= 15 is 0 Å². The summed E-state index contributed by atoms with van der Waals surface area (Å²) in [5, 5.41) is 3.55. The SMILES string of the molecule is CC(C)CN1CCN(CCCN=[N+]=[N-])CC1. The minimum atomic E-state index is 0.628. The molecule has 0 spiro atoms. The van der Waals surface area contributed by atoms with Gasteiger partial charge in [-0.1, -0.05) is 19.0 Å². The summed E-state index contributed by atoms with van der Waals surface area (Å²) in [6.45, 7) is 12.1. The first-order valence-corrected chi connectivity index (χ1v) is 6.18. The number of hydrogen-bond acceptors (Lipinski definition) is 3. The Hall–Kier alpha value is -0.770. The van der Waals surface area contributed by atoms with Crippen molar-refractivity contribution in [2.24, 2.45) is 11.0 Å². The van der Waals surface area contributed by atoms with Crippen LogP contribution >= 0.6 is 0 Å². The van der Waals surface area contributed by atoms with Crippen molar-refractivity contribution >= 4 is 0 Å². The topological polar surface area (TPSA) is 55.2 Å². The Morgan fingerprint density at radius 2 is 1.81 bits per heavy atom. The lowest BCUT2D eigenvalue weighted by atomic mass is 10.2. The van der Waals surface area contributed by atoms with E-state index in [1.807, 2.05) is 0 Å². The minimum Gasteiger partial charge on any atom is -0.301 e. The van der Waals surface area contributed by atoms with E-state index in [0.717, 1.165) is 32.0 Å². The van der Waals surface area contributed by atoms with Crippen LogP contribution in [0.2, 0.25) is 0 Å². The summed E-state index contributed by atoms with van der Waals surface area (Å²) in [6, 6.07) is 0. The first-order chi connectivity index (χ1) is 7.72. The fourth-order valence-corrected chi connectivity index (χ4v) is 2.12. The van der Waals surface area contributed by atoms with E-state index in [0.29, 0.717) is 6.54 Å². The number of rotatable bonds is 6. The molecule has 0 unspecified atom stereocenters. The van der Waals surface area contributed by atoms with Gasteiger partial charge in [-0.3, -0.25) is 0 Å². The molecule has 0 aromatic rings. The Morgan fingerprint density at radius 1 is 1.19 bits per heavy atom. The smallest absolute Gasteiger partial charge is 0.0270 e. The van der Waals surface area contributed by atoms with Crippen molar-refractivity contribution in [1.29, 1.82) is 0 Å². The maximum absolute atomic E-state index is 8.16. The highest BCUT2D eigenvalue weighted by Gasteiger charge is 2.16. The molecule has 1 rings (SSSR count). The second-order valence-electron chi connectivity index (χ2n) is 4.84. The zero-order valence-electron chi connectivity index (χ0n) is 10.5. The third-order valence-corrected chi connectivity index (χ3v) is 2.88. The van der Waals surface area contributed by atoms with Gasteiger partial charge >= 0.3 is 0 Å². The van der Waals surface area contributed by atoms with Crippen LogP contribution in [0, 0.1) is 5.92 Å². The minimum absolute atomic E-state index is 0.628. The fraction of sp³-hybridized carbons (Fsp3) is 1.00. The predicted molar refractivity (Wildman–Crippen MR) is 66.3 cm³/mol. The Bertz CT molecular complexity index is 227. The van der Waals surface area contributed by atoms with Gasteiger partial charge in [0, 0.05) is 44.2 Å². The van der Waals surface area contributed by atoms with Crippen LogP contribution in [0.4, 0.5) is 0 Å². The van der Waals surface area contributed by atoms with Gasteiger partial charge in [0.25, 0.3) is 0 Å². The van der Waals surface area contributed by atoms with Gasteiger partial charge in [0.2, 0.25) is 0 Å². The number of piperazine rings is 1. The lowest BCUT2D eigenvalue weighted by Crippen LogP contribution is -2.47. The third kappa shape index (κ3) is 5.35. The summed E-state index contributed by atoms with van der Waals surface area (Å²) in [6.07, 6.45) is 0.980. The Morgan fingerprint density at radius 3 is 2.38 bits per heavy atom. The standard InChI is InChI=1S/C11H23N5/c1-11(2)10-16-8-6-15(7-9-16)5-3-4-13-14-12/h11H,3-10H2,1-2H3. The molecule has 0 saturated carbocycles. The maximum Gasteiger partial charge on any atom is 0.0270 e. The molecule has 1 saturated heterocycles. The molecule has 5 nitrogen and oxygen atoms in total. The Kier molecular flexibility index (Phi) is 6.23. The van der Waals surface area contributed by atoms with E-state index in [1.54, 1.807) is 0 Å².